The molecule has 0 saturated heterocycles. The molecular formula is C72H49N. The van der Waals surface area contributed by atoms with E-state index < -0.39 is 10.8 Å². The molecule has 12 aromatic rings. The monoisotopic (exact) mass is 927 g/mol. The summed E-state index contributed by atoms with van der Waals surface area (Å²) in [6.45, 7) is 0. The molecular weight excluding hydrogens is 879 g/mol. The number of anilines is 3. The fraction of sp³-hybridized carbons (Fsp3) is 0.0278. The summed E-state index contributed by atoms with van der Waals surface area (Å²) in [6, 6.07) is 110. The molecule has 2 aliphatic rings. The molecule has 0 bridgehead atoms. The molecule has 0 radical (unpaired) electrons. The molecule has 0 saturated carbocycles. The van der Waals surface area contributed by atoms with Crippen molar-refractivity contribution in [2.75, 3.05) is 4.90 Å². The summed E-state index contributed by atoms with van der Waals surface area (Å²) in [5, 5.41) is 2.49. The lowest BCUT2D eigenvalue weighted by Crippen LogP contribution is -2.28. The highest BCUT2D eigenvalue weighted by Gasteiger charge is 2.48. The minimum atomic E-state index is -0.531. The highest BCUT2D eigenvalue weighted by molar-refractivity contribution is 5.98. The van der Waals surface area contributed by atoms with Gasteiger partial charge < -0.3 is 4.90 Å². The van der Waals surface area contributed by atoms with Gasteiger partial charge in [-0.3, -0.25) is 0 Å². The number of rotatable bonds is 9. The molecule has 2 aliphatic carbocycles. The summed E-state index contributed by atoms with van der Waals surface area (Å²) in [7, 11) is 0. The van der Waals surface area contributed by atoms with Gasteiger partial charge in [0.25, 0.3) is 0 Å². The molecule has 0 heterocycles. The average molecular weight is 928 g/mol. The molecule has 1 nitrogen and oxygen atoms in total. The number of nitrogens with zero attached hydrogens (tertiary/aromatic N) is 1. The summed E-state index contributed by atoms with van der Waals surface area (Å²) in [4.78, 5) is 2.45. The van der Waals surface area contributed by atoms with Crippen LogP contribution in [-0.4, -0.2) is 0 Å². The molecule has 0 aromatic heterocycles. The van der Waals surface area contributed by atoms with E-state index in [-0.39, 0.29) is 0 Å². The van der Waals surface area contributed by atoms with Crippen molar-refractivity contribution in [3.63, 3.8) is 0 Å². The SMILES string of the molecule is c1ccc(C2(c3ccccc3)c3ccccc3-c3ccc(N(c4ccc(-c5cccc6c5-c5ccccc5C6(c5ccccc5)c5ccccc5)cc4)c4ccc(-c5cccc6ccccc56)cc4)cc32)cc1. The van der Waals surface area contributed by atoms with E-state index >= 15 is 0 Å². The molecule has 1 heteroatoms. The number of hydrogen-bond donors (Lipinski definition) is 0. The van der Waals surface area contributed by atoms with Crippen LogP contribution in [0.3, 0.4) is 0 Å². The first-order valence-corrected chi connectivity index (χ1v) is 25.4. The summed E-state index contributed by atoms with van der Waals surface area (Å²) in [6.07, 6.45) is 0. The van der Waals surface area contributed by atoms with Crippen LogP contribution >= 0.6 is 0 Å². The van der Waals surface area contributed by atoms with E-state index in [0.717, 1.165) is 17.1 Å². The van der Waals surface area contributed by atoms with Crippen LogP contribution in [0.15, 0.2) is 297 Å². The lowest BCUT2D eigenvalue weighted by atomic mass is 9.67. The lowest BCUT2D eigenvalue weighted by Gasteiger charge is -2.35. The van der Waals surface area contributed by atoms with Gasteiger partial charge in [0.1, 0.15) is 0 Å². The van der Waals surface area contributed by atoms with Gasteiger partial charge in [0.2, 0.25) is 0 Å². The Bertz CT molecular complexity index is 3910. The van der Waals surface area contributed by atoms with Gasteiger partial charge in [-0.15, -0.1) is 0 Å². The summed E-state index contributed by atoms with van der Waals surface area (Å²) in [5.74, 6) is 0. The van der Waals surface area contributed by atoms with Crippen molar-refractivity contribution in [3.8, 4) is 44.5 Å². The number of benzene rings is 12. The van der Waals surface area contributed by atoms with Crippen LogP contribution in [-0.2, 0) is 10.8 Å². The molecule has 0 spiro atoms. The molecule has 14 rings (SSSR count). The van der Waals surface area contributed by atoms with Crippen molar-refractivity contribution in [2.24, 2.45) is 0 Å². The Kier molecular flexibility index (Phi) is 10.0. The van der Waals surface area contributed by atoms with Crippen molar-refractivity contribution >= 4 is 27.8 Å². The molecule has 12 aromatic carbocycles. The molecule has 0 aliphatic heterocycles. The van der Waals surface area contributed by atoms with E-state index in [0.29, 0.717) is 0 Å². The van der Waals surface area contributed by atoms with E-state index in [1.54, 1.807) is 0 Å². The van der Waals surface area contributed by atoms with Crippen molar-refractivity contribution in [1.82, 2.24) is 0 Å². The smallest absolute Gasteiger partial charge is 0.0714 e. The van der Waals surface area contributed by atoms with Crippen LogP contribution in [0.4, 0.5) is 17.1 Å². The Labute approximate surface area is 427 Å². The Hall–Kier alpha value is -9.30. The minimum absolute atomic E-state index is 0.471. The third-order valence-corrected chi connectivity index (χ3v) is 15.8. The fourth-order valence-electron chi connectivity index (χ4n) is 12.8. The first-order chi connectivity index (χ1) is 36.2. The zero-order valence-electron chi connectivity index (χ0n) is 40.2. The molecule has 0 fully saturated rings. The predicted octanol–water partition coefficient (Wildman–Crippen LogP) is 18.4. The Balaban J connectivity index is 0.953. The minimum Gasteiger partial charge on any atom is -0.310 e. The van der Waals surface area contributed by atoms with E-state index in [1.165, 1.54) is 99.8 Å². The maximum Gasteiger partial charge on any atom is 0.0714 e. The van der Waals surface area contributed by atoms with Crippen LogP contribution in [0.5, 0.6) is 0 Å². The molecule has 73 heavy (non-hydrogen) atoms. The van der Waals surface area contributed by atoms with Gasteiger partial charge in [-0.25, -0.2) is 0 Å². The van der Waals surface area contributed by atoms with Gasteiger partial charge in [0.15, 0.2) is 0 Å². The van der Waals surface area contributed by atoms with Gasteiger partial charge in [-0.2, -0.15) is 0 Å². The molecule has 342 valence electrons. The van der Waals surface area contributed by atoms with E-state index in [2.05, 4.69) is 302 Å². The van der Waals surface area contributed by atoms with E-state index in [9.17, 15) is 0 Å². The van der Waals surface area contributed by atoms with E-state index in [1.807, 2.05) is 0 Å². The largest absolute Gasteiger partial charge is 0.310 e. The second kappa shape index (κ2) is 17.2. The topological polar surface area (TPSA) is 3.24 Å². The highest BCUT2D eigenvalue weighted by Crippen LogP contribution is 2.60. The average Bonchev–Trinajstić information content (AvgIpc) is 3.95. The van der Waals surface area contributed by atoms with Gasteiger partial charge in [0.05, 0.1) is 10.8 Å². The van der Waals surface area contributed by atoms with Crippen LogP contribution in [0, 0.1) is 0 Å². The maximum absolute atomic E-state index is 2.47. The van der Waals surface area contributed by atoms with Gasteiger partial charge >= 0.3 is 0 Å². The Morgan fingerprint density at radius 2 is 0.616 bits per heavy atom. The summed E-state index contributed by atoms with van der Waals surface area (Å²) in [5.41, 5.74) is 22.4. The molecule has 0 N–H and O–H groups in total. The van der Waals surface area contributed by atoms with Crippen LogP contribution in [0.25, 0.3) is 55.3 Å². The van der Waals surface area contributed by atoms with Gasteiger partial charge in [-0.05, 0) is 136 Å². The van der Waals surface area contributed by atoms with Crippen LogP contribution in [0.2, 0.25) is 0 Å². The first kappa shape index (κ1) is 42.6. The second-order valence-electron chi connectivity index (χ2n) is 19.5. The van der Waals surface area contributed by atoms with Crippen LogP contribution < -0.4 is 4.90 Å². The van der Waals surface area contributed by atoms with E-state index in [4.69, 9.17) is 0 Å². The number of hydrogen-bond acceptors (Lipinski definition) is 1. The molecule has 0 amide bonds. The summed E-state index contributed by atoms with van der Waals surface area (Å²) < 4.78 is 0. The Morgan fingerprint density at radius 1 is 0.233 bits per heavy atom. The highest BCUT2D eigenvalue weighted by atomic mass is 15.1. The summed E-state index contributed by atoms with van der Waals surface area (Å²) >= 11 is 0. The van der Waals surface area contributed by atoms with Gasteiger partial charge in [-0.1, -0.05) is 261 Å². The number of fused-ring (bicyclic) bond motifs is 7. The standard InChI is InChI=1S/C72H49N/c1-5-23-53(24-6-1)71(54-25-7-2-8-26-54)67-37-18-16-33-65(67)70-62(35-20-38-68(70)71)52-41-45-58(46-42-52)73(57-43-39-51(40-44-57)61-34-19-22-50-21-13-14-31-60(50)61)59-47-48-64-63-32-15-17-36-66(63)72(69(64)49-59,55-27-9-3-10-28-55)56-29-11-4-12-30-56/h1-49H. The second-order valence-corrected chi connectivity index (χ2v) is 19.5. The molecule has 0 unspecified atom stereocenters. The lowest BCUT2D eigenvalue weighted by molar-refractivity contribution is 0.768. The maximum atomic E-state index is 2.47. The quantitative estimate of drug-likeness (QED) is 0.139. The van der Waals surface area contributed by atoms with Crippen molar-refractivity contribution < 1.29 is 0 Å². The molecule has 0 atom stereocenters. The zero-order valence-corrected chi connectivity index (χ0v) is 40.2. The fourth-order valence-corrected chi connectivity index (χ4v) is 12.8. The van der Waals surface area contributed by atoms with Crippen LogP contribution in [0.1, 0.15) is 44.5 Å². The predicted molar refractivity (Wildman–Crippen MR) is 304 cm³/mol. The zero-order chi connectivity index (χ0) is 48.3. The normalized spacial score (nSPS) is 13.4. The van der Waals surface area contributed by atoms with Crippen molar-refractivity contribution in [1.29, 1.82) is 0 Å². The van der Waals surface area contributed by atoms with Gasteiger partial charge in [0, 0.05) is 17.1 Å². The van der Waals surface area contributed by atoms with Crippen molar-refractivity contribution in [3.05, 3.63) is 342 Å². The van der Waals surface area contributed by atoms with Crippen molar-refractivity contribution in [2.45, 2.75) is 10.8 Å². The third-order valence-electron chi connectivity index (χ3n) is 15.8. The Morgan fingerprint density at radius 3 is 1.21 bits per heavy atom. The third kappa shape index (κ3) is 6.49. The first-order valence-electron chi connectivity index (χ1n) is 25.4.